The van der Waals surface area contributed by atoms with Gasteiger partial charge in [-0.1, -0.05) is 11.6 Å². The van der Waals surface area contributed by atoms with Gasteiger partial charge in [0.05, 0.1) is 0 Å². The van der Waals surface area contributed by atoms with Crippen LogP contribution in [0.3, 0.4) is 0 Å². The number of carboxylic acid groups (broad SMARTS) is 1. The van der Waals surface area contributed by atoms with Gasteiger partial charge in [-0.05, 0) is 0 Å². The maximum absolute atomic E-state index is 11.0. The molecule has 6 heavy (non-hydrogen) atoms. The van der Waals surface area contributed by atoms with Crippen molar-refractivity contribution in [2.45, 2.75) is 5.63 Å². The first kappa shape index (κ1) is 5.69. The van der Waals surface area contributed by atoms with Crippen LogP contribution in [0.2, 0.25) is 0 Å². The first-order valence-electron chi connectivity index (χ1n) is 1.15. The molecule has 0 aliphatic rings. The Bertz CT molecular complexity index is 62.6. The monoisotopic (exact) mass is 112 g/mol. The SMILES string of the molecule is O=C(O)[C@H](F)Cl. The summed E-state index contributed by atoms with van der Waals surface area (Å²) in [6.45, 7) is 0. The van der Waals surface area contributed by atoms with E-state index in [-0.39, 0.29) is 0 Å². The van der Waals surface area contributed by atoms with E-state index in [0.29, 0.717) is 0 Å². The third-order valence-electron chi connectivity index (χ3n) is 0.187. The highest BCUT2D eigenvalue weighted by Gasteiger charge is 2.07. The Balaban J connectivity index is 3.26. The maximum Gasteiger partial charge on any atom is 0.354 e. The summed E-state index contributed by atoms with van der Waals surface area (Å²) >= 11 is 4.35. The van der Waals surface area contributed by atoms with Crippen LogP contribution in [0.4, 0.5) is 4.39 Å². The first-order valence-corrected chi connectivity index (χ1v) is 1.59. The van der Waals surface area contributed by atoms with E-state index in [1.807, 2.05) is 0 Å². The molecule has 1 N–H and O–H groups in total. The number of hydrogen-bond donors (Lipinski definition) is 1. The van der Waals surface area contributed by atoms with Gasteiger partial charge in [0.25, 0.3) is 5.63 Å². The molecule has 0 fully saturated rings. The molecule has 0 aliphatic carbocycles. The van der Waals surface area contributed by atoms with Gasteiger partial charge in [0.2, 0.25) is 0 Å². The number of aliphatic carboxylic acids is 1. The number of carboxylic acids is 1. The molecule has 4 heteroatoms. The van der Waals surface area contributed by atoms with Crippen molar-refractivity contribution in [2.24, 2.45) is 0 Å². The Morgan fingerprint density at radius 3 is 2.17 bits per heavy atom. The molecule has 0 rings (SSSR count). The normalized spacial score (nSPS) is 13.7. The van der Waals surface area contributed by atoms with E-state index in [2.05, 4.69) is 11.6 Å². The lowest BCUT2D eigenvalue weighted by atomic mass is 10.8. The predicted octanol–water partition coefficient (Wildman–Crippen LogP) is 0.605. The molecular weight excluding hydrogens is 110 g/mol. The van der Waals surface area contributed by atoms with E-state index >= 15 is 0 Å². The molecule has 0 unspecified atom stereocenters. The van der Waals surface area contributed by atoms with Gasteiger partial charge in [0.15, 0.2) is 0 Å². The summed E-state index contributed by atoms with van der Waals surface area (Å²) in [7, 11) is 0. The van der Waals surface area contributed by atoms with E-state index in [1.165, 1.54) is 0 Å². The van der Waals surface area contributed by atoms with Crippen molar-refractivity contribution in [3.63, 3.8) is 0 Å². The minimum atomic E-state index is -2.26. The van der Waals surface area contributed by atoms with Gasteiger partial charge in [-0.3, -0.25) is 0 Å². The minimum absolute atomic E-state index is 1.64. The summed E-state index contributed by atoms with van der Waals surface area (Å²) in [4.78, 5) is 9.19. The molecule has 0 aromatic rings. The lowest BCUT2D eigenvalue weighted by Crippen LogP contribution is -2.05. The van der Waals surface area contributed by atoms with E-state index in [4.69, 9.17) is 5.11 Å². The Morgan fingerprint density at radius 2 is 2.17 bits per heavy atom. The lowest BCUT2D eigenvalue weighted by molar-refractivity contribution is -0.139. The summed E-state index contributed by atoms with van der Waals surface area (Å²) < 4.78 is 11.0. The molecule has 0 saturated heterocycles. The average molecular weight is 112 g/mol. The van der Waals surface area contributed by atoms with Crippen LogP contribution in [0.5, 0.6) is 0 Å². The Morgan fingerprint density at radius 1 is 2.00 bits per heavy atom. The van der Waals surface area contributed by atoms with Gasteiger partial charge in [-0.15, -0.1) is 0 Å². The third-order valence-corrected chi connectivity index (χ3v) is 0.373. The first-order chi connectivity index (χ1) is 2.64. The van der Waals surface area contributed by atoms with Gasteiger partial charge < -0.3 is 5.11 Å². The van der Waals surface area contributed by atoms with E-state index in [9.17, 15) is 9.18 Å². The zero-order chi connectivity index (χ0) is 5.15. The number of carbonyl (C=O) groups is 1. The fraction of sp³-hybridized carbons (Fsp3) is 0.500. The van der Waals surface area contributed by atoms with Gasteiger partial charge in [-0.2, -0.15) is 0 Å². The largest absolute Gasteiger partial charge is 0.478 e. The van der Waals surface area contributed by atoms with Crippen LogP contribution >= 0.6 is 11.6 Å². The number of rotatable bonds is 1. The number of hydrogen-bond acceptors (Lipinski definition) is 1. The standard InChI is InChI=1S/C2H2ClFO2/c3-1(4)2(5)6/h1H,(H,5,6)/t1-/m0/s1. The van der Waals surface area contributed by atoms with Crippen LogP contribution in [-0.4, -0.2) is 16.7 Å². The fourth-order valence-corrected chi connectivity index (χ4v) is 0. The Hall–Kier alpha value is -0.310. The predicted molar refractivity (Wildman–Crippen MR) is 18.4 cm³/mol. The molecule has 0 aliphatic heterocycles. The third kappa shape index (κ3) is 1.96. The highest BCUT2D eigenvalue weighted by atomic mass is 35.5. The van der Waals surface area contributed by atoms with E-state index in [0.717, 1.165) is 0 Å². The van der Waals surface area contributed by atoms with Gasteiger partial charge >= 0.3 is 5.97 Å². The summed E-state index contributed by atoms with van der Waals surface area (Å²) in [6, 6.07) is 0. The fourth-order valence-electron chi connectivity index (χ4n) is 0. The van der Waals surface area contributed by atoms with Crippen molar-refractivity contribution in [1.82, 2.24) is 0 Å². The van der Waals surface area contributed by atoms with Crippen LogP contribution in [0.1, 0.15) is 0 Å². The second kappa shape index (κ2) is 1.97. The molecule has 0 heterocycles. The van der Waals surface area contributed by atoms with Gasteiger partial charge in [0.1, 0.15) is 0 Å². The molecule has 0 amide bonds. The zero-order valence-electron chi connectivity index (χ0n) is 2.69. The molecule has 0 aromatic heterocycles. The zero-order valence-corrected chi connectivity index (χ0v) is 3.44. The molecular formula is C2H2ClFO2. The molecule has 0 saturated carbocycles. The Kier molecular flexibility index (Phi) is 1.87. The van der Waals surface area contributed by atoms with Gasteiger partial charge in [0, 0.05) is 0 Å². The Labute approximate surface area is 38.5 Å². The number of halogens is 2. The van der Waals surface area contributed by atoms with Crippen molar-refractivity contribution in [3.05, 3.63) is 0 Å². The number of alkyl halides is 2. The van der Waals surface area contributed by atoms with Crippen LogP contribution in [0.15, 0.2) is 0 Å². The molecule has 0 radical (unpaired) electrons. The van der Waals surface area contributed by atoms with E-state index < -0.39 is 11.6 Å². The van der Waals surface area contributed by atoms with Crippen LogP contribution in [0, 0.1) is 0 Å². The molecule has 0 spiro atoms. The van der Waals surface area contributed by atoms with Crippen molar-refractivity contribution in [2.75, 3.05) is 0 Å². The highest BCUT2D eigenvalue weighted by Crippen LogP contribution is 1.93. The van der Waals surface area contributed by atoms with Crippen molar-refractivity contribution in [3.8, 4) is 0 Å². The second-order valence-electron chi connectivity index (χ2n) is 0.639. The minimum Gasteiger partial charge on any atom is -0.478 e. The molecule has 0 bridgehead atoms. The maximum atomic E-state index is 11.0. The summed E-state index contributed by atoms with van der Waals surface area (Å²) in [6.07, 6.45) is 0. The van der Waals surface area contributed by atoms with E-state index in [1.54, 1.807) is 0 Å². The van der Waals surface area contributed by atoms with Gasteiger partial charge in [-0.25, -0.2) is 9.18 Å². The van der Waals surface area contributed by atoms with Crippen molar-refractivity contribution >= 4 is 17.6 Å². The lowest BCUT2D eigenvalue weighted by Gasteiger charge is -1.82. The highest BCUT2D eigenvalue weighted by molar-refractivity contribution is 6.28. The van der Waals surface area contributed by atoms with Crippen LogP contribution in [0.25, 0.3) is 0 Å². The summed E-state index contributed by atoms with van der Waals surface area (Å²) in [5.74, 6) is -1.64. The molecule has 0 aromatic carbocycles. The summed E-state index contributed by atoms with van der Waals surface area (Å²) in [5.41, 5.74) is -2.26. The molecule has 2 nitrogen and oxygen atoms in total. The molecule has 1 atom stereocenters. The van der Waals surface area contributed by atoms with Crippen LogP contribution < -0.4 is 0 Å². The summed E-state index contributed by atoms with van der Waals surface area (Å²) in [5, 5.41) is 7.48. The van der Waals surface area contributed by atoms with Crippen molar-refractivity contribution < 1.29 is 14.3 Å². The average Bonchev–Trinajstić information content (AvgIpc) is 1.36. The topological polar surface area (TPSA) is 37.3 Å². The van der Waals surface area contributed by atoms with Crippen LogP contribution in [-0.2, 0) is 4.79 Å². The second-order valence-corrected chi connectivity index (χ2v) is 1.02. The smallest absolute Gasteiger partial charge is 0.354 e. The van der Waals surface area contributed by atoms with Crippen molar-refractivity contribution in [1.29, 1.82) is 0 Å². The molecule has 36 valence electrons. The quantitative estimate of drug-likeness (QED) is 0.505.